The number of fused-ring (bicyclic) bond motifs is 1. The molecule has 7 nitrogen and oxygen atoms in total. The van der Waals surface area contributed by atoms with E-state index < -0.39 is 6.10 Å². The molecule has 182 valence electrons. The lowest BCUT2D eigenvalue weighted by Gasteiger charge is -2.30. The van der Waals surface area contributed by atoms with Crippen molar-refractivity contribution in [3.8, 4) is 11.5 Å². The van der Waals surface area contributed by atoms with Gasteiger partial charge in [0, 0.05) is 31.7 Å². The van der Waals surface area contributed by atoms with Gasteiger partial charge in [-0.05, 0) is 49.6 Å². The van der Waals surface area contributed by atoms with Crippen molar-refractivity contribution >= 4 is 29.9 Å². The quantitative estimate of drug-likeness (QED) is 0.245. The molecule has 1 aliphatic heterocycles. The van der Waals surface area contributed by atoms with Crippen molar-refractivity contribution in [1.82, 2.24) is 15.5 Å². The number of hydrogen-bond acceptors (Lipinski definition) is 5. The molecule has 0 aromatic heterocycles. The number of guanidine groups is 1. The zero-order chi connectivity index (χ0) is 22.9. The Balaban J connectivity index is 0.00000385. The van der Waals surface area contributed by atoms with Crippen molar-refractivity contribution in [3.63, 3.8) is 0 Å². The molecule has 1 aliphatic rings. The number of halogens is 1. The molecule has 3 N–H and O–H groups in total. The Morgan fingerprint density at radius 3 is 2.61 bits per heavy atom. The second kappa shape index (κ2) is 13.6. The Kier molecular flexibility index (Phi) is 11.2. The van der Waals surface area contributed by atoms with Crippen molar-refractivity contribution in [2.75, 3.05) is 40.4 Å². The van der Waals surface area contributed by atoms with Crippen LogP contribution in [0.4, 0.5) is 0 Å². The van der Waals surface area contributed by atoms with Crippen molar-refractivity contribution in [3.05, 3.63) is 59.2 Å². The first-order valence-corrected chi connectivity index (χ1v) is 11.3. The van der Waals surface area contributed by atoms with Crippen LogP contribution < -0.4 is 20.1 Å². The maximum absolute atomic E-state index is 10.6. The molecular formula is C25H37IN4O3. The van der Waals surface area contributed by atoms with Crippen molar-refractivity contribution < 1.29 is 14.6 Å². The number of nitrogens with one attached hydrogen (secondary N) is 2. The average Bonchev–Trinajstić information content (AvgIpc) is 2.82. The minimum absolute atomic E-state index is 0. The number of benzene rings is 2. The molecule has 0 saturated heterocycles. The third-order valence-electron chi connectivity index (χ3n) is 5.74. The number of β-amino-alcohol motifs (C(OH)–C–C–N with tert-alkyl or cyclic N) is 1. The van der Waals surface area contributed by atoms with Gasteiger partial charge >= 0.3 is 0 Å². The molecule has 3 rings (SSSR count). The zero-order valence-corrected chi connectivity index (χ0v) is 22.3. The maximum atomic E-state index is 10.6. The topological polar surface area (TPSA) is 78.4 Å². The summed E-state index contributed by atoms with van der Waals surface area (Å²) in [5.41, 5.74) is 3.74. The highest BCUT2D eigenvalue weighted by molar-refractivity contribution is 14.0. The summed E-state index contributed by atoms with van der Waals surface area (Å²) in [5, 5.41) is 17.3. The van der Waals surface area contributed by atoms with Crippen LogP contribution in [-0.4, -0.2) is 62.5 Å². The van der Waals surface area contributed by atoms with Crippen LogP contribution in [0.25, 0.3) is 0 Å². The number of nitrogens with zero attached hydrogens (tertiary/aromatic N) is 2. The molecule has 2 atom stereocenters. The molecule has 2 aromatic rings. The Morgan fingerprint density at radius 1 is 1.15 bits per heavy atom. The highest BCUT2D eigenvalue weighted by Gasteiger charge is 2.19. The van der Waals surface area contributed by atoms with E-state index in [4.69, 9.17) is 9.47 Å². The number of aliphatic imine (C=N–C) groups is 1. The summed E-state index contributed by atoms with van der Waals surface area (Å²) in [7, 11) is 3.31. The van der Waals surface area contributed by atoms with Gasteiger partial charge in [-0.3, -0.25) is 9.89 Å². The fourth-order valence-electron chi connectivity index (χ4n) is 4.04. The van der Waals surface area contributed by atoms with Gasteiger partial charge in [-0.2, -0.15) is 0 Å². The molecule has 0 fully saturated rings. The SMILES string of the molecule is CCNC(=NCC(O)CN1CCc2ccccc2C1)NC(C)c1cc(OC)ccc1OC.I. The molecular weight excluding hydrogens is 531 g/mol. The van der Waals surface area contributed by atoms with Gasteiger partial charge in [0.15, 0.2) is 5.96 Å². The third kappa shape index (κ3) is 7.75. The van der Waals surface area contributed by atoms with Gasteiger partial charge in [-0.1, -0.05) is 24.3 Å². The molecule has 0 aliphatic carbocycles. The van der Waals surface area contributed by atoms with Crippen molar-refractivity contribution in [1.29, 1.82) is 0 Å². The molecule has 0 radical (unpaired) electrons. The largest absolute Gasteiger partial charge is 0.497 e. The van der Waals surface area contributed by atoms with Gasteiger partial charge in [0.2, 0.25) is 0 Å². The van der Waals surface area contributed by atoms with Gasteiger partial charge in [0.25, 0.3) is 0 Å². The molecule has 33 heavy (non-hydrogen) atoms. The van der Waals surface area contributed by atoms with E-state index in [9.17, 15) is 5.11 Å². The number of aliphatic hydroxyl groups excluding tert-OH is 1. The molecule has 2 aromatic carbocycles. The van der Waals surface area contributed by atoms with Gasteiger partial charge in [0.1, 0.15) is 11.5 Å². The normalized spacial score (nSPS) is 15.6. The minimum atomic E-state index is -0.530. The molecule has 0 saturated carbocycles. The van der Waals surface area contributed by atoms with E-state index in [1.165, 1.54) is 11.1 Å². The van der Waals surface area contributed by atoms with E-state index in [2.05, 4.69) is 44.8 Å². The summed E-state index contributed by atoms with van der Waals surface area (Å²) in [5.74, 6) is 2.22. The lowest BCUT2D eigenvalue weighted by atomic mass is 10.00. The first-order chi connectivity index (χ1) is 15.5. The second-order valence-electron chi connectivity index (χ2n) is 8.10. The van der Waals surface area contributed by atoms with Crippen LogP contribution in [0.2, 0.25) is 0 Å². The van der Waals surface area contributed by atoms with E-state index >= 15 is 0 Å². The summed E-state index contributed by atoms with van der Waals surface area (Å²) in [4.78, 5) is 6.93. The van der Waals surface area contributed by atoms with Crippen molar-refractivity contribution in [2.45, 2.75) is 39.0 Å². The Labute approximate surface area is 214 Å². The highest BCUT2D eigenvalue weighted by Crippen LogP contribution is 2.29. The van der Waals surface area contributed by atoms with Crippen LogP contribution in [0.5, 0.6) is 11.5 Å². The van der Waals surface area contributed by atoms with Gasteiger partial charge in [-0.25, -0.2) is 0 Å². The lowest BCUT2D eigenvalue weighted by Crippen LogP contribution is -2.41. The van der Waals surface area contributed by atoms with E-state index in [0.29, 0.717) is 19.0 Å². The summed E-state index contributed by atoms with van der Waals surface area (Å²) >= 11 is 0. The number of rotatable bonds is 9. The molecule has 8 heteroatoms. The number of aliphatic hydroxyl groups is 1. The van der Waals surface area contributed by atoms with Gasteiger partial charge < -0.3 is 25.2 Å². The van der Waals surface area contributed by atoms with Gasteiger partial charge in [-0.15, -0.1) is 24.0 Å². The number of ether oxygens (including phenoxy) is 2. The second-order valence-corrected chi connectivity index (χ2v) is 8.10. The van der Waals surface area contributed by atoms with E-state index in [-0.39, 0.29) is 30.0 Å². The standard InChI is InChI=1S/C25H36N4O3.HI/c1-5-26-25(28-18(2)23-14-22(31-3)10-11-24(23)32-4)27-15-21(30)17-29-13-12-19-8-6-7-9-20(19)16-29;/h6-11,14,18,21,30H,5,12-13,15-17H2,1-4H3,(H2,26,27,28);1H. The van der Waals surface area contributed by atoms with Gasteiger partial charge in [0.05, 0.1) is 32.9 Å². The summed E-state index contributed by atoms with van der Waals surface area (Å²) < 4.78 is 10.9. The van der Waals surface area contributed by atoms with Crippen molar-refractivity contribution in [2.24, 2.45) is 4.99 Å². The van der Waals surface area contributed by atoms with E-state index in [0.717, 1.165) is 43.1 Å². The van der Waals surface area contributed by atoms with Crippen LogP contribution in [0.15, 0.2) is 47.5 Å². The Morgan fingerprint density at radius 2 is 1.91 bits per heavy atom. The Hall–Kier alpha value is -2.04. The average molecular weight is 569 g/mol. The highest BCUT2D eigenvalue weighted by atomic mass is 127. The summed E-state index contributed by atoms with van der Waals surface area (Å²) in [6.07, 6.45) is 0.494. The third-order valence-corrected chi connectivity index (χ3v) is 5.74. The molecule has 0 bridgehead atoms. The predicted octanol–water partition coefficient (Wildman–Crippen LogP) is 3.36. The number of hydrogen-bond donors (Lipinski definition) is 3. The van der Waals surface area contributed by atoms with Crippen LogP contribution >= 0.6 is 24.0 Å². The predicted molar refractivity (Wildman–Crippen MR) is 144 cm³/mol. The minimum Gasteiger partial charge on any atom is -0.497 e. The fraction of sp³-hybridized carbons (Fsp3) is 0.480. The van der Waals surface area contributed by atoms with Crippen LogP contribution in [0.3, 0.4) is 0 Å². The molecule has 0 amide bonds. The Bertz CT molecular complexity index is 909. The van der Waals surface area contributed by atoms with E-state index in [1.807, 2.05) is 32.0 Å². The van der Waals surface area contributed by atoms with Crippen LogP contribution in [-0.2, 0) is 13.0 Å². The fourth-order valence-corrected chi connectivity index (χ4v) is 4.04. The van der Waals surface area contributed by atoms with Crippen LogP contribution in [0.1, 0.15) is 36.6 Å². The smallest absolute Gasteiger partial charge is 0.191 e. The number of methoxy groups -OCH3 is 2. The zero-order valence-electron chi connectivity index (χ0n) is 20.0. The van der Waals surface area contributed by atoms with Crippen LogP contribution in [0, 0.1) is 0 Å². The lowest BCUT2D eigenvalue weighted by molar-refractivity contribution is 0.111. The first kappa shape index (κ1) is 27.2. The maximum Gasteiger partial charge on any atom is 0.191 e. The summed E-state index contributed by atoms with van der Waals surface area (Å²) in [6.45, 7) is 7.57. The first-order valence-electron chi connectivity index (χ1n) is 11.3. The molecule has 0 spiro atoms. The molecule has 2 unspecified atom stereocenters. The monoisotopic (exact) mass is 568 g/mol. The van der Waals surface area contributed by atoms with E-state index in [1.54, 1.807) is 14.2 Å². The summed E-state index contributed by atoms with van der Waals surface area (Å²) in [6, 6.07) is 14.2. The molecule has 1 heterocycles.